The van der Waals surface area contributed by atoms with Crippen LogP contribution in [0.5, 0.6) is 0 Å². The first kappa shape index (κ1) is 20.1. The normalized spacial score (nSPS) is 18.2. The monoisotopic (exact) mass is 449 g/mol. The average Bonchev–Trinajstić information content (AvgIpc) is 3.32. The molecule has 5 rings (SSSR count). The first-order chi connectivity index (χ1) is 15.4. The van der Waals surface area contributed by atoms with Crippen LogP contribution >= 0.6 is 11.6 Å². The number of nitrogens with zero attached hydrogens (tertiary/aromatic N) is 4. The Kier molecular flexibility index (Phi) is 4.82. The van der Waals surface area contributed by atoms with Crippen molar-refractivity contribution in [3.05, 3.63) is 76.1 Å². The number of carbonyl (C=O) groups is 4. The van der Waals surface area contributed by atoms with E-state index in [4.69, 9.17) is 11.6 Å². The van der Waals surface area contributed by atoms with Gasteiger partial charge in [-0.25, -0.2) is 4.68 Å². The minimum Gasteiger partial charge on any atom is -0.295 e. The van der Waals surface area contributed by atoms with Gasteiger partial charge in [0.2, 0.25) is 11.8 Å². The Bertz CT molecular complexity index is 1300. The number of halogens is 1. The number of hydrogen-bond acceptors (Lipinski definition) is 6. The molecular weight excluding hydrogens is 434 g/mol. The highest BCUT2D eigenvalue weighted by atomic mass is 35.5. The molecule has 4 amide bonds. The van der Waals surface area contributed by atoms with E-state index >= 15 is 0 Å². The maximum Gasteiger partial charge on any atom is 0.262 e. The Hall–Kier alpha value is -3.85. The lowest BCUT2D eigenvalue weighted by atomic mass is 10.0. The third-order valence-corrected chi connectivity index (χ3v) is 5.74. The van der Waals surface area contributed by atoms with Gasteiger partial charge in [0.1, 0.15) is 6.04 Å². The number of aromatic nitrogens is 3. The Labute approximate surface area is 187 Å². The maximum absolute atomic E-state index is 13.0. The predicted octanol–water partition coefficient (Wildman–Crippen LogP) is 1.91. The summed E-state index contributed by atoms with van der Waals surface area (Å²) in [7, 11) is 0. The van der Waals surface area contributed by atoms with E-state index in [2.05, 4.69) is 15.6 Å². The summed E-state index contributed by atoms with van der Waals surface area (Å²) < 4.78 is 1.52. The highest BCUT2D eigenvalue weighted by Crippen LogP contribution is 2.29. The first-order valence-corrected chi connectivity index (χ1v) is 10.3. The van der Waals surface area contributed by atoms with Gasteiger partial charge in [-0.15, -0.1) is 5.10 Å². The van der Waals surface area contributed by atoms with E-state index < -0.39 is 29.7 Å². The molecule has 160 valence electrons. The number of benzene rings is 2. The van der Waals surface area contributed by atoms with Crippen molar-refractivity contribution in [3.8, 4) is 5.69 Å². The van der Waals surface area contributed by atoms with E-state index in [1.54, 1.807) is 24.4 Å². The second kappa shape index (κ2) is 7.69. The number of fused-ring (bicyclic) bond motifs is 1. The summed E-state index contributed by atoms with van der Waals surface area (Å²) in [6.45, 7) is 0. The third-order valence-electron chi connectivity index (χ3n) is 5.50. The molecule has 2 aliphatic rings. The van der Waals surface area contributed by atoms with Gasteiger partial charge in [-0.2, -0.15) is 0 Å². The number of hydrogen-bond donors (Lipinski definition) is 1. The molecule has 2 aromatic carbocycles. The van der Waals surface area contributed by atoms with Crippen LogP contribution in [0.1, 0.15) is 44.8 Å². The van der Waals surface area contributed by atoms with Crippen LogP contribution in [0.25, 0.3) is 5.69 Å². The van der Waals surface area contributed by atoms with Crippen molar-refractivity contribution >= 4 is 35.2 Å². The fraction of sp³-hybridized carbons (Fsp3) is 0.182. The van der Waals surface area contributed by atoms with Gasteiger partial charge in [0.15, 0.2) is 0 Å². The summed E-state index contributed by atoms with van der Waals surface area (Å²) in [5.74, 6) is -2.17. The van der Waals surface area contributed by atoms with E-state index in [0.717, 1.165) is 10.5 Å². The SMILES string of the molecule is O=C1CCC(N2C(=O)c3ccc(-n4cc(Cc5cccc(Cl)c5)nn4)cc3C2=O)C(=O)N1. The van der Waals surface area contributed by atoms with Crippen molar-refractivity contribution in [2.45, 2.75) is 25.3 Å². The molecule has 0 aliphatic carbocycles. The lowest BCUT2D eigenvalue weighted by Crippen LogP contribution is -2.54. The van der Waals surface area contributed by atoms with Gasteiger partial charge < -0.3 is 0 Å². The zero-order chi connectivity index (χ0) is 22.4. The molecule has 9 nitrogen and oxygen atoms in total. The van der Waals surface area contributed by atoms with Crippen LogP contribution in [0.3, 0.4) is 0 Å². The molecule has 1 atom stereocenters. The molecule has 1 N–H and O–H groups in total. The van der Waals surface area contributed by atoms with Crippen molar-refractivity contribution < 1.29 is 19.2 Å². The summed E-state index contributed by atoms with van der Waals surface area (Å²) in [5.41, 5.74) is 2.64. The summed E-state index contributed by atoms with van der Waals surface area (Å²) in [5, 5.41) is 11.1. The summed E-state index contributed by atoms with van der Waals surface area (Å²) in [4.78, 5) is 50.3. The highest BCUT2D eigenvalue weighted by molar-refractivity contribution is 6.30. The number of rotatable bonds is 4. The lowest BCUT2D eigenvalue weighted by molar-refractivity contribution is -0.136. The van der Waals surface area contributed by atoms with Gasteiger partial charge in [-0.1, -0.05) is 28.9 Å². The van der Waals surface area contributed by atoms with Gasteiger partial charge >= 0.3 is 0 Å². The molecule has 2 aliphatic heterocycles. The Morgan fingerprint density at radius 2 is 1.84 bits per heavy atom. The molecule has 1 fully saturated rings. The minimum absolute atomic E-state index is 0.0728. The second-order valence-corrected chi connectivity index (χ2v) is 8.07. The Balaban J connectivity index is 1.40. The smallest absolute Gasteiger partial charge is 0.262 e. The first-order valence-electron chi connectivity index (χ1n) is 9.92. The molecule has 3 heterocycles. The fourth-order valence-corrected chi connectivity index (χ4v) is 4.18. The van der Waals surface area contributed by atoms with Crippen molar-refractivity contribution in [2.24, 2.45) is 0 Å². The number of piperidine rings is 1. The van der Waals surface area contributed by atoms with Crippen LogP contribution in [-0.4, -0.2) is 49.6 Å². The van der Waals surface area contributed by atoms with Gasteiger partial charge in [0.05, 0.1) is 28.7 Å². The van der Waals surface area contributed by atoms with Gasteiger partial charge in [-0.05, 0) is 42.3 Å². The molecule has 1 saturated heterocycles. The van der Waals surface area contributed by atoms with E-state index in [9.17, 15) is 19.2 Å². The van der Waals surface area contributed by atoms with Crippen molar-refractivity contribution in [2.75, 3.05) is 0 Å². The molecule has 0 radical (unpaired) electrons. The molecule has 32 heavy (non-hydrogen) atoms. The lowest BCUT2D eigenvalue weighted by Gasteiger charge is -2.27. The molecule has 1 unspecified atom stereocenters. The molecule has 0 bridgehead atoms. The number of nitrogens with one attached hydrogen (secondary N) is 1. The van der Waals surface area contributed by atoms with Crippen molar-refractivity contribution in [1.29, 1.82) is 0 Å². The van der Waals surface area contributed by atoms with Crippen LogP contribution in [0.4, 0.5) is 0 Å². The summed E-state index contributed by atoms with van der Waals surface area (Å²) in [6.07, 6.45) is 2.45. The Morgan fingerprint density at radius 3 is 2.62 bits per heavy atom. The van der Waals surface area contributed by atoms with Crippen molar-refractivity contribution in [3.63, 3.8) is 0 Å². The topological polar surface area (TPSA) is 114 Å². The van der Waals surface area contributed by atoms with Crippen LogP contribution in [0.2, 0.25) is 5.02 Å². The van der Waals surface area contributed by atoms with Gasteiger partial charge in [0.25, 0.3) is 11.8 Å². The number of carbonyl (C=O) groups excluding carboxylic acids is 4. The summed E-state index contributed by atoms with van der Waals surface area (Å²) in [6, 6.07) is 11.2. The van der Waals surface area contributed by atoms with Crippen molar-refractivity contribution in [1.82, 2.24) is 25.2 Å². The second-order valence-electron chi connectivity index (χ2n) is 7.64. The number of imide groups is 2. The predicted molar refractivity (Wildman–Crippen MR) is 112 cm³/mol. The standard InChI is InChI=1S/C22H16ClN5O4/c23-13-3-1-2-12(8-13)9-14-11-27(26-25-14)15-4-5-16-17(10-15)22(32)28(21(16)31)18-6-7-19(29)24-20(18)30/h1-5,8,10-11,18H,6-7,9H2,(H,24,29,30). The third kappa shape index (κ3) is 3.46. The molecule has 0 saturated carbocycles. The largest absolute Gasteiger partial charge is 0.295 e. The van der Waals surface area contributed by atoms with Gasteiger partial charge in [0, 0.05) is 17.9 Å². The van der Waals surface area contributed by atoms with E-state index in [1.807, 2.05) is 18.2 Å². The molecule has 0 spiro atoms. The quantitative estimate of drug-likeness (QED) is 0.608. The molecular formula is C22H16ClN5O4. The van der Waals surface area contributed by atoms with Crippen LogP contribution < -0.4 is 5.32 Å². The van der Waals surface area contributed by atoms with E-state index in [0.29, 0.717) is 22.8 Å². The average molecular weight is 450 g/mol. The molecule has 10 heteroatoms. The van der Waals surface area contributed by atoms with Crippen LogP contribution in [0, 0.1) is 0 Å². The van der Waals surface area contributed by atoms with Gasteiger partial charge in [-0.3, -0.25) is 29.4 Å². The molecule has 3 aromatic rings. The Morgan fingerprint density at radius 1 is 1.03 bits per heavy atom. The summed E-state index contributed by atoms with van der Waals surface area (Å²) >= 11 is 6.03. The fourth-order valence-electron chi connectivity index (χ4n) is 3.96. The zero-order valence-corrected chi connectivity index (χ0v) is 17.4. The maximum atomic E-state index is 13.0. The van der Waals surface area contributed by atoms with Crippen LogP contribution in [0.15, 0.2) is 48.7 Å². The zero-order valence-electron chi connectivity index (χ0n) is 16.6. The highest BCUT2D eigenvalue weighted by Gasteiger charge is 2.44. The molecule has 1 aromatic heterocycles. The number of amides is 4. The van der Waals surface area contributed by atoms with E-state index in [-0.39, 0.29) is 24.0 Å². The van der Waals surface area contributed by atoms with E-state index in [1.165, 1.54) is 10.7 Å². The minimum atomic E-state index is -1.00. The van der Waals surface area contributed by atoms with Crippen LogP contribution in [-0.2, 0) is 16.0 Å².